The molecule has 0 bridgehead atoms. The molecule has 0 unspecified atom stereocenters. The molecule has 0 amide bonds. The van der Waals surface area contributed by atoms with Crippen molar-refractivity contribution >= 4 is 15.9 Å². The first-order valence-corrected chi connectivity index (χ1v) is 5.38. The van der Waals surface area contributed by atoms with E-state index in [1.807, 2.05) is 13.0 Å². The number of benzene rings is 1. The van der Waals surface area contributed by atoms with Crippen molar-refractivity contribution < 1.29 is 14.7 Å². The number of hydrogen-bond acceptors (Lipinski definition) is 4. The minimum absolute atomic E-state index is 0.109. The van der Waals surface area contributed by atoms with Crippen LogP contribution in [0.2, 0.25) is 0 Å². The predicted octanol–water partition coefficient (Wildman–Crippen LogP) is 2.20. The van der Waals surface area contributed by atoms with Crippen molar-refractivity contribution in [3.8, 4) is 11.5 Å². The Balaban J connectivity index is 2.77. The van der Waals surface area contributed by atoms with Crippen LogP contribution in [0.25, 0.3) is 0 Å². The van der Waals surface area contributed by atoms with Gasteiger partial charge in [-0.3, -0.25) is 0 Å². The van der Waals surface area contributed by atoms with Crippen LogP contribution in [-0.4, -0.2) is 18.8 Å². The summed E-state index contributed by atoms with van der Waals surface area (Å²) >= 11 is 3.25. The number of phenolic OH excluding ortho intramolecular Hbond substituents is 1. The van der Waals surface area contributed by atoms with E-state index >= 15 is 0 Å². The summed E-state index contributed by atoms with van der Waals surface area (Å²) < 4.78 is 5.63. The summed E-state index contributed by atoms with van der Waals surface area (Å²) in [6.07, 6.45) is 0. The zero-order valence-corrected chi connectivity index (χ0v) is 10.3. The quantitative estimate of drug-likeness (QED) is 0.639. The minimum Gasteiger partial charge on any atom is -0.503 e. The summed E-state index contributed by atoms with van der Waals surface area (Å²) in [5.41, 5.74) is 3.75. The van der Waals surface area contributed by atoms with Crippen molar-refractivity contribution in [3.63, 3.8) is 0 Å². The highest BCUT2D eigenvalue weighted by atomic mass is 79.9. The second kappa shape index (κ2) is 5.95. The fourth-order valence-corrected chi connectivity index (χ4v) is 1.61. The summed E-state index contributed by atoms with van der Waals surface area (Å²) in [4.78, 5) is 5.01. The third-order valence-corrected chi connectivity index (χ3v) is 2.44. The van der Waals surface area contributed by atoms with Crippen molar-refractivity contribution in [3.05, 3.63) is 22.2 Å². The van der Waals surface area contributed by atoms with Crippen LogP contribution >= 0.6 is 15.9 Å². The van der Waals surface area contributed by atoms with Crippen molar-refractivity contribution in [2.45, 2.75) is 13.5 Å². The van der Waals surface area contributed by atoms with E-state index in [1.54, 1.807) is 6.07 Å². The van der Waals surface area contributed by atoms with Gasteiger partial charge in [-0.2, -0.15) is 5.48 Å². The van der Waals surface area contributed by atoms with Crippen LogP contribution in [0.3, 0.4) is 0 Å². The van der Waals surface area contributed by atoms with Crippen molar-refractivity contribution in [2.24, 2.45) is 0 Å². The Bertz CT molecular complexity index is 331. The van der Waals surface area contributed by atoms with E-state index < -0.39 is 0 Å². The van der Waals surface area contributed by atoms with Crippen LogP contribution in [0, 0.1) is 0 Å². The maximum atomic E-state index is 9.57. The Kier molecular flexibility index (Phi) is 4.87. The van der Waals surface area contributed by atoms with Crippen molar-refractivity contribution in [2.75, 3.05) is 13.7 Å². The van der Waals surface area contributed by atoms with Gasteiger partial charge in [0.05, 0.1) is 18.2 Å². The molecule has 1 rings (SSSR count). The van der Waals surface area contributed by atoms with Crippen LogP contribution < -0.4 is 10.2 Å². The average molecular weight is 276 g/mol. The third-order valence-electron chi connectivity index (χ3n) is 1.83. The molecule has 4 nitrogen and oxygen atoms in total. The fraction of sp³-hybridized carbons (Fsp3) is 0.400. The van der Waals surface area contributed by atoms with E-state index in [0.717, 1.165) is 5.56 Å². The molecule has 0 saturated heterocycles. The SMILES string of the molecule is CCONCc1cc(Br)c(O)c(OC)c1. The molecular weight excluding hydrogens is 262 g/mol. The lowest BCUT2D eigenvalue weighted by Gasteiger charge is -2.09. The Hall–Kier alpha value is -0.780. The number of nitrogens with one attached hydrogen (secondary N) is 1. The molecule has 0 radical (unpaired) electrons. The number of rotatable bonds is 5. The molecule has 5 heteroatoms. The maximum absolute atomic E-state index is 9.57. The molecule has 0 fully saturated rings. The Morgan fingerprint density at radius 1 is 1.47 bits per heavy atom. The lowest BCUT2D eigenvalue weighted by molar-refractivity contribution is 0.0463. The summed E-state index contributed by atoms with van der Waals surface area (Å²) in [7, 11) is 1.52. The molecule has 0 atom stereocenters. The van der Waals surface area contributed by atoms with E-state index in [0.29, 0.717) is 23.4 Å². The molecule has 15 heavy (non-hydrogen) atoms. The van der Waals surface area contributed by atoms with Crippen molar-refractivity contribution in [1.82, 2.24) is 5.48 Å². The van der Waals surface area contributed by atoms with E-state index in [-0.39, 0.29) is 5.75 Å². The number of hydroxylamine groups is 1. The molecular formula is C10H14BrNO3. The molecule has 0 aliphatic heterocycles. The van der Waals surface area contributed by atoms with E-state index in [9.17, 15) is 5.11 Å². The molecule has 0 aliphatic carbocycles. The highest BCUT2D eigenvalue weighted by Gasteiger charge is 2.08. The number of phenols is 1. The molecule has 2 N–H and O–H groups in total. The third kappa shape index (κ3) is 3.37. The van der Waals surface area contributed by atoms with Gasteiger partial charge >= 0.3 is 0 Å². The summed E-state index contributed by atoms with van der Waals surface area (Å²) in [6, 6.07) is 3.57. The van der Waals surface area contributed by atoms with Crippen LogP contribution in [0.15, 0.2) is 16.6 Å². The van der Waals surface area contributed by atoms with E-state index in [4.69, 9.17) is 9.57 Å². The van der Waals surface area contributed by atoms with Gasteiger partial charge in [-0.15, -0.1) is 0 Å². The molecule has 0 aliphatic rings. The first-order valence-electron chi connectivity index (χ1n) is 4.59. The normalized spacial score (nSPS) is 10.3. The van der Waals surface area contributed by atoms with Gasteiger partial charge in [0.25, 0.3) is 0 Å². The van der Waals surface area contributed by atoms with E-state index in [2.05, 4.69) is 21.4 Å². The van der Waals surface area contributed by atoms with Gasteiger partial charge in [-0.1, -0.05) is 0 Å². The molecule has 0 saturated carbocycles. The largest absolute Gasteiger partial charge is 0.503 e. The Labute approximate surface area is 97.3 Å². The van der Waals surface area contributed by atoms with E-state index in [1.165, 1.54) is 7.11 Å². The molecule has 0 aromatic heterocycles. The highest BCUT2D eigenvalue weighted by Crippen LogP contribution is 2.35. The summed E-state index contributed by atoms with van der Waals surface area (Å²) in [6.45, 7) is 3.07. The van der Waals surface area contributed by atoms with Gasteiger partial charge < -0.3 is 14.7 Å². The van der Waals surface area contributed by atoms with Gasteiger partial charge in [0.15, 0.2) is 11.5 Å². The highest BCUT2D eigenvalue weighted by molar-refractivity contribution is 9.10. The van der Waals surface area contributed by atoms with Crippen LogP contribution in [0.5, 0.6) is 11.5 Å². The van der Waals surface area contributed by atoms with Crippen molar-refractivity contribution in [1.29, 1.82) is 0 Å². The smallest absolute Gasteiger partial charge is 0.172 e. The average Bonchev–Trinajstić information content (AvgIpc) is 2.23. The maximum Gasteiger partial charge on any atom is 0.172 e. The second-order valence-corrected chi connectivity index (χ2v) is 3.74. The molecule has 0 spiro atoms. The standard InChI is InChI=1S/C10H14BrNO3/c1-3-15-12-6-7-4-8(11)10(13)9(5-7)14-2/h4-5,12-13H,3,6H2,1-2H3. The lowest BCUT2D eigenvalue weighted by atomic mass is 10.2. The Morgan fingerprint density at radius 2 is 2.20 bits per heavy atom. The number of aromatic hydroxyl groups is 1. The number of halogens is 1. The molecule has 1 aromatic carbocycles. The van der Waals surface area contributed by atoms with Crippen LogP contribution in [-0.2, 0) is 11.4 Å². The molecule has 0 heterocycles. The number of methoxy groups -OCH3 is 1. The minimum atomic E-state index is 0.109. The monoisotopic (exact) mass is 275 g/mol. The van der Waals surface area contributed by atoms with Crippen LogP contribution in [0.4, 0.5) is 0 Å². The first-order chi connectivity index (χ1) is 7.19. The zero-order valence-electron chi connectivity index (χ0n) is 8.71. The summed E-state index contributed by atoms with van der Waals surface area (Å²) in [5.74, 6) is 0.551. The van der Waals surface area contributed by atoms with Crippen LogP contribution in [0.1, 0.15) is 12.5 Å². The van der Waals surface area contributed by atoms with Gasteiger partial charge in [-0.25, -0.2) is 0 Å². The molecule has 84 valence electrons. The van der Waals surface area contributed by atoms with Gasteiger partial charge in [-0.05, 0) is 40.5 Å². The number of ether oxygens (including phenoxy) is 1. The number of hydrogen-bond donors (Lipinski definition) is 2. The van der Waals surface area contributed by atoms with Gasteiger partial charge in [0, 0.05) is 6.54 Å². The zero-order chi connectivity index (χ0) is 11.3. The molecule has 1 aromatic rings. The predicted molar refractivity (Wildman–Crippen MR) is 60.8 cm³/mol. The summed E-state index contributed by atoms with van der Waals surface area (Å²) in [5, 5.41) is 9.57. The van der Waals surface area contributed by atoms with Gasteiger partial charge in [0.1, 0.15) is 0 Å². The lowest BCUT2D eigenvalue weighted by Crippen LogP contribution is -2.13. The van der Waals surface area contributed by atoms with Gasteiger partial charge in [0.2, 0.25) is 0 Å². The second-order valence-electron chi connectivity index (χ2n) is 2.88. The fourth-order valence-electron chi connectivity index (χ4n) is 1.12. The first kappa shape index (κ1) is 12.3. The topological polar surface area (TPSA) is 50.7 Å². The Morgan fingerprint density at radius 3 is 2.80 bits per heavy atom.